The van der Waals surface area contributed by atoms with Crippen LogP contribution in [-0.4, -0.2) is 33.7 Å². The molecular formula is C20H21N5O3. The number of amides is 1. The van der Waals surface area contributed by atoms with E-state index in [4.69, 9.17) is 4.74 Å². The number of ether oxygens (including phenoxy) is 1. The second kappa shape index (κ2) is 7.30. The zero-order valence-electron chi connectivity index (χ0n) is 15.7. The van der Waals surface area contributed by atoms with E-state index >= 15 is 0 Å². The fourth-order valence-corrected chi connectivity index (χ4v) is 3.14. The molecule has 0 bridgehead atoms. The molecule has 0 radical (unpaired) electrons. The molecule has 0 spiro atoms. The highest BCUT2D eigenvalue weighted by molar-refractivity contribution is 5.95. The fourth-order valence-electron chi connectivity index (χ4n) is 3.14. The van der Waals surface area contributed by atoms with Crippen molar-refractivity contribution in [1.29, 1.82) is 0 Å². The lowest BCUT2D eigenvalue weighted by Gasteiger charge is -2.15. The highest BCUT2D eigenvalue weighted by atomic mass is 16.5. The first kappa shape index (κ1) is 18.0. The first-order chi connectivity index (χ1) is 13.6. The van der Waals surface area contributed by atoms with Gasteiger partial charge in [-0.15, -0.1) is 0 Å². The van der Waals surface area contributed by atoms with E-state index < -0.39 is 0 Å². The fraction of sp³-hybridized carbons (Fsp3) is 0.300. The lowest BCUT2D eigenvalue weighted by Crippen LogP contribution is -2.14. The molecule has 1 saturated carbocycles. The van der Waals surface area contributed by atoms with Crippen LogP contribution in [0, 0.1) is 5.92 Å². The SMILES string of the molecule is CCc1ncn2ccc(Nc3cc(NC(=O)C4CC4)ncc3C=O)c(OC)c12. The summed E-state index contributed by atoms with van der Waals surface area (Å²) in [6, 6.07) is 3.51. The number of rotatable bonds is 7. The van der Waals surface area contributed by atoms with E-state index in [-0.39, 0.29) is 11.8 Å². The third-order valence-corrected chi connectivity index (χ3v) is 4.80. The normalized spacial score (nSPS) is 13.4. The maximum Gasteiger partial charge on any atom is 0.228 e. The monoisotopic (exact) mass is 379 g/mol. The zero-order valence-corrected chi connectivity index (χ0v) is 15.7. The van der Waals surface area contributed by atoms with E-state index in [1.54, 1.807) is 19.5 Å². The van der Waals surface area contributed by atoms with Crippen molar-refractivity contribution < 1.29 is 14.3 Å². The van der Waals surface area contributed by atoms with Crippen molar-refractivity contribution in [2.24, 2.45) is 5.92 Å². The van der Waals surface area contributed by atoms with Crippen LogP contribution in [0.2, 0.25) is 0 Å². The average molecular weight is 379 g/mol. The Bertz CT molecular complexity index is 1060. The largest absolute Gasteiger partial charge is 0.492 e. The molecule has 3 heterocycles. The van der Waals surface area contributed by atoms with Gasteiger partial charge in [0, 0.05) is 24.4 Å². The Morgan fingerprint density at radius 1 is 1.36 bits per heavy atom. The number of pyridine rings is 2. The van der Waals surface area contributed by atoms with Gasteiger partial charge >= 0.3 is 0 Å². The summed E-state index contributed by atoms with van der Waals surface area (Å²) in [7, 11) is 1.60. The van der Waals surface area contributed by atoms with Crippen LogP contribution in [0.15, 0.2) is 30.9 Å². The van der Waals surface area contributed by atoms with E-state index in [2.05, 4.69) is 20.6 Å². The molecule has 0 aromatic carbocycles. The molecule has 3 aromatic rings. The predicted octanol–water partition coefficient (Wildman–Crippen LogP) is 3.20. The van der Waals surface area contributed by atoms with Gasteiger partial charge in [-0.2, -0.15) is 0 Å². The summed E-state index contributed by atoms with van der Waals surface area (Å²) in [6.07, 6.45) is 8.38. The number of anilines is 3. The van der Waals surface area contributed by atoms with Crippen molar-refractivity contribution in [3.05, 3.63) is 42.1 Å². The van der Waals surface area contributed by atoms with Crippen molar-refractivity contribution in [3.8, 4) is 5.75 Å². The summed E-state index contributed by atoms with van der Waals surface area (Å²) in [5.41, 5.74) is 3.41. The van der Waals surface area contributed by atoms with Gasteiger partial charge in [-0.3, -0.25) is 9.59 Å². The van der Waals surface area contributed by atoms with Gasteiger partial charge in [0.25, 0.3) is 0 Å². The Kier molecular flexibility index (Phi) is 4.68. The highest BCUT2D eigenvalue weighted by Crippen LogP contribution is 2.35. The van der Waals surface area contributed by atoms with Crippen molar-refractivity contribution in [1.82, 2.24) is 14.4 Å². The number of hydrogen-bond donors (Lipinski definition) is 2. The molecule has 0 aliphatic heterocycles. The molecule has 0 atom stereocenters. The maximum atomic E-state index is 12.0. The summed E-state index contributed by atoms with van der Waals surface area (Å²) < 4.78 is 7.54. The zero-order chi connectivity index (χ0) is 19.7. The number of carbonyl (C=O) groups is 2. The molecule has 3 aromatic heterocycles. The minimum absolute atomic E-state index is 0.0387. The van der Waals surface area contributed by atoms with Gasteiger partial charge in [0.1, 0.15) is 11.3 Å². The maximum absolute atomic E-state index is 12.0. The van der Waals surface area contributed by atoms with Gasteiger partial charge in [-0.25, -0.2) is 9.97 Å². The third-order valence-electron chi connectivity index (χ3n) is 4.80. The number of nitrogens with one attached hydrogen (secondary N) is 2. The molecule has 1 fully saturated rings. The number of carbonyl (C=O) groups excluding carboxylic acids is 2. The number of imidazole rings is 1. The molecule has 1 amide bonds. The van der Waals surface area contributed by atoms with Crippen LogP contribution in [0.4, 0.5) is 17.2 Å². The van der Waals surface area contributed by atoms with Gasteiger partial charge in [-0.05, 0) is 25.3 Å². The van der Waals surface area contributed by atoms with Crippen molar-refractivity contribution in [2.75, 3.05) is 17.7 Å². The number of hydrogen-bond acceptors (Lipinski definition) is 6. The molecule has 1 aliphatic rings. The molecule has 1 aliphatic carbocycles. The van der Waals surface area contributed by atoms with Gasteiger partial charge in [0.05, 0.1) is 36.1 Å². The summed E-state index contributed by atoms with van der Waals surface area (Å²) in [4.78, 5) is 32.1. The third kappa shape index (κ3) is 3.28. The number of aldehydes is 1. The van der Waals surface area contributed by atoms with Crippen LogP contribution in [0.5, 0.6) is 5.75 Å². The van der Waals surface area contributed by atoms with Crippen LogP contribution in [0.3, 0.4) is 0 Å². The average Bonchev–Trinajstić information content (AvgIpc) is 3.48. The lowest BCUT2D eigenvalue weighted by molar-refractivity contribution is -0.117. The van der Waals surface area contributed by atoms with Crippen molar-refractivity contribution in [2.45, 2.75) is 26.2 Å². The van der Waals surface area contributed by atoms with Crippen molar-refractivity contribution >= 4 is 34.9 Å². The number of fused-ring (bicyclic) bond motifs is 1. The van der Waals surface area contributed by atoms with Crippen molar-refractivity contribution in [3.63, 3.8) is 0 Å². The standard InChI is InChI=1S/C20H21N5O3/c1-3-14-18-19(28-2)15(6-7-25(18)11-22-14)23-16-8-17(21-9-13(16)10-26)24-20(27)12-4-5-12/h6-12H,3-5H2,1-2H3,(H2,21,23,24,27). The molecule has 0 saturated heterocycles. The molecule has 0 unspecified atom stereocenters. The number of nitrogens with zero attached hydrogens (tertiary/aromatic N) is 3. The Morgan fingerprint density at radius 3 is 2.86 bits per heavy atom. The Labute approximate surface area is 161 Å². The summed E-state index contributed by atoms with van der Waals surface area (Å²) in [5, 5.41) is 6.05. The predicted molar refractivity (Wildman–Crippen MR) is 105 cm³/mol. The van der Waals surface area contributed by atoms with Crippen LogP contribution < -0.4 is 15.4 Å². The van der Waals surface area contributed by atoms with Gasteiger partial charge in [0.15, 0.2) is 12.0 Å². The first-order valence-electron chi connectivity index (χ1n) is 9.20. The summed E-state index contributed by atoms with van der Waals surface area (Å²) in [5.74, 6) is 1.07. The van der Waals surface area contributed by atoms with Crippen LogP contribution >= 0.6 is 0 Å². The molecule has 8 nitrogen and oxygen atoms in total. The number of methoxy groups -OCH3 is 1. The van der Waals surface area contributed by atoms with Gasteiger partial charge < -0.3 is 19.8 Å². The second-order valence-electron chi connectivity index (χ2n) is 6.73. The quantitative estimate of drug-likeness (QED) is 0.612. The van der Waals surface area contributed by atoms with E-state index in [0.717, 1.165) is 36.8 Å². The van der Waals surface area contributed by atoms with Crippen LogP contribution in [-0.2, 0) is 11.2 Å². The Hall–Kier alpha value is -3.42. The van der Waals surface area contributed by atoms with Gasteiger partial charge in [0.2, 0.25) is 5.91 Å². The highest BCUT2D eigenvalue weighted by Gasteiger charge is 2.29. The molecule has 28 heavy (non-hydrogen) atoms. The van der Waals surface area contributed by atoms with Crippen LogP contribution in [0.1, 0.15) is 35.8 Å². The molecule has 2 N–H and O–H groups in total. The minimum atomic E-state index is -0.0387. The minimum Gasteiger partial charge on any atom is -0.492 e. The van der Waals surface area contributed by atoms with Gasteiger partial charge in [-0.1, -0.05) is 6.92 Å². The first-order valence-corrected chi connectivity index (χ1v) is 9.20. The molecule has 144 valence electrons. The Balaban J connectivity index is 1.71. The van der Waals surface area contributed by atoms with Crippen LogP contribution in [0.25, 0.3) is 5.52 Å². The van der Waals surface area contributed by atoms with E-state index in [1.807, 2.05) is 23.6 Å². The Morgan fingerprint density at radius 2 is 2.18 bits per heavy atom. The van der Waals surface area contributed by atoms with E-state index in [1.165, 1.54) is 6.20 Å². The van der Waals surface area contributed by atoms with E-state index in [9.17, 15) is 9.59 Å². The summed E-state index contributed by atoms with van der Waals surface area (Å²) in [6.45, 7) is 2.03. The second-order valence-corrected chi connectivity index (χ2v) is 6.73. The number of aromatic nitrogens is 3. The lowest BCUT2D eigenvalue weighted by atomic mass is 10.2. The molecule has 4 rings (SSSR count). The van der Waals surface area contributed by atoms with E-state index in [0.29, 0.717) is 28.5 Å². The summed E-state index contributed by atoms with van der Waals surface area (Å²) >= 11 is 0. The topological polar surface area (TPSA) is 97.6 Å². The number of aryl methyl sites for hydroxylation is 1. The molecule has 8 heteroatoms. The molecular weight excluding hydrogens is 358 g/mol. The smallest absolute Gasteiger partial charge is 0.228 e.